The molecule has 1 saturated carbocycles. The van der Waals surface area contributed by atoms with Gasteiger partial charge in [0.2, 0.25) is 0 Å². The smallest absolute Gasteiger partial charge is 0.137 e. The Kier molecular flexibility index (Phi) is 4.55. The molecule has 1 nitrogen and oxygen atoms in total. The highest BCUT2D eigenvalue weighted by Crippen LogP contribution is 2.48. The van der Waals surface area contributed by atoms with Crippen LogP contribution in [0.2, 0.25) is 0 Å². The number of benzene rings is 2. The third-order valence-corrected chi connectivity index (χ3v) is 5.63. The Bertz CT molecular complexity index is 690. The quantitative estimate of drug-likeness (QED) is 0.617. The van der Waals surface area contributed by atoms with Crippen molar-refractivity contribution in [3.05, 3.63) is 52.5 Å². The Morgan fingerprint density at radius 3 is 2.43 bits per heavy atom. The first-order chi connectivity index (χ1) is 10.9. The van der Waals surface area contributed by atoms with Gasteiger partial charge in [-0.05, 0) is 75.7 Å². The van der Waals surface area contributed by atoms with E-state index >= 15 is 0 Å². The molecule has 1 N–H and O–H groups in total. The summed E-state index contributed by atoms with van der Waals surface area (Å²) in [6.45, 7) is 7.12. The molecule has 1 aliphatic carbocycles. The fourth-order valence-corrected chi connectivity index (χ4v) is 4.77. The zero-order chi connectivity index (χ0) is 16.6. The molecule has 23 heavy (non-hydrogen) atoms. The highest BCUT2D eigenvalue weighted by atomic mass is 79.9. The van der Waals surface area contributed by atoms with E-state index in [1.165, 1.54) is 24.8 Å². The molecule has 0 heterocycles. The van der Waals surface area contributed by atoms with E-state index in [-0.39, 0.29) is 0 Å². The summed E-state index contributed by atoms with van der Waals surface area (Å²) in [4.78, 5) is 0. The van der Waals surface area contributed by atoms with Gasteiger partial charge < -0.3 is 5.11 Å². The summed E-state index contributed by atoms with van der Waals surface area (Å²) in [5.74, 6) is 1.65. The molecule has 2 aromatic carbocycles. The van der Waals surface area contributed by atoms with Crippen LogP contribution in [0.5, 0.6) is 5.75 Å². The maximum atomic E-state index is 10.5. The van der Waals surface area contributed by atoms with E-state index in [0.29, 0.717) is 17.1 Å². The van der Waals surface area contributed by atoms with Crippen molar-refractivity contribution in [3.8, 4) is 16.9 Å². The van der Waals surface area contributed by atoms with E-state index in [1.807, 2.05) is 18.2 Å². The molecule has 0 radical (unpaired) electrons. The lowest BCUT2D eigenvalue weighted by Crippen LogP contribution is -2.26. The summed E-state index contributed by atoms with van der Waals surface area (Å²) < 4.78 is 0.796. The minimum Gasteiger partial charge on any atom is -0.506 e. The molecule has 0 bridgehead atoms. The van der Waals surface area contributed by atoms with Gasteiger partial charge in [0.05, 0.1) is 4.47 Å². The second kappa shape index (κ2) is 6.32. The average molecular weight is 373 g/mol. The van der Waals surface area contributed by atoms with E-state index < -0.39 is 0 Å². The monoisotopic (exact) mass is 372 g/mol. The summed E-state index contributed by atoms with van der Waals surface area (Å²) in [6.07, 6.45) is 3.74. The molecule has 0 amide bonds. The number of hydrogen-bond acceptors (Lipinski definition) is 1. The largest absolute Gasteiger partial charge is 0.506 e. The van der Waals surface area contributed by atoms with Crippen molar-refractivity contribution in [3.63, 3.8) is 0 Å². The molecule has 0 spiro atoms. The first kappa shape index (κ1) is 16.6. The Morgan fingerprint density at radius 2 is 1.78 bits per heavy atom. The van der Waals surface area contributed by atoms with Gasteiger partial charge in [0, 0.05) is 5.56 Å². The van der Waals surface area contributed by atoms with E-state index in [4.69, 9.17) is 0 Å². The number of phenolic OH excluding ortho intramolecular Hbond substituents is 1. The topological polar surface area (TPSA) is 20.2 Å². The molecule has 0 aliphatic heterocycles. The van der Waals surface area contributed by atoms with E-state index in [0.717, 1.165) is 21.5 Å². The Labute approximate surface area is 147 Å². The van der Waals surface area contributed by atoms with Crippen LogP contribution in [-0.2, 0) is 0 Å². The minimum absolute atomic E-state index is 0.336. The van der Waals surface area contributed by atoms with Crippen LogP contribution in [0.4, 0.5) is 0 Å². The average Bonchev–Trinajstić information content (AvgIpc) is 2.48. The normalized spacial score (nSPS) is 23.7. The highest BCUT2D eigenvalue weighted by molar-refractivity contribution is 9.10. The van der Waals surface area contributed by atoms with E-state index in [2.05, 4.69) is 61.0 Å². The van der Waals surface area contributed by atoms with Crippen LogP contribution in [0.1, 0.15) is 51.5 Å². The highest BCUT2D eigenvalue weighted by Gasteiger charge is 2.33. The van der Waals surface area contributed by atoms with Crippen molar-refractivity contribution in [2.24, 2.45) is 11.3 Å². The first-order valence-electron chi connectivity index (χ1n) is 8.43. The lowest BCUT2D eigenvalue weighted by atomic mass is 9.66. The lowest BCUT2D eigenvalue weighted by molar-refractivity contribution is 0.168. The van der Waals surface area contributed by atoms with Crippen LogP contribution in [0, 0.1) is 11.3 Å². The fourth-order valence-electron chi connectivity index (χ4n) is 4.29. The Hall–Kier alpha value is -1.28. The molecule has 2 atom stereocenters. The molecule has 0 saturated heterocycles. The predicted molar refractivity (Wildman–Crippen MR) is 101 cm³/mol. The van der Waals surface area contributed by atoms with Gasteiger partial charge in [0.15, 0.2) is 0 Å². The SMILES string of the molecule is CC1CC(c2cc(Br)c(O)c(-c3ccccc3)c2)CC(C)(C)C1. The van der Waals surface area contributed by atoms with Crippen molar-refractivity contribution in [1.82, 2.24) is 0 Å². The van der Waals surface area contributed by atoms with E-state index in [1.54, 1.807) is 0 Å². The molecule has 2 heteroatoms. The lowest BCUT2D eigenvalue weighted by Gasteiger charge is -2.39. The van der Waals surface area contributed by atoms with Crippen LogP contribution < -0.4 is 0 Å². The molecular weight excluding hydrogens is 348 g/mol. The third-order valence-electron chi connectivity index (χ3n) is 5.03. The molecule has 2 aromatic rings. The Morgan fingerprint density at radius 1 is 1.09 bits per heavy atom. The van der Waals surface area contributed by atoms with Gasteiger partial charge in [-0.1, -0.05) is 51.1 Å². The second-order valence-corrected chi connectivity index (χ2v) is 8.73. The number of rotatable bonds is 2. The van der Waals surface area contributed by atoms with Crippen molar-refractivity contribution in [2.45, 2.75) is 46.0 Å². The van der Waals surface area contributed by atoms with Gasteiger partial charge in [0.25, 0.3) is 0 Å². The summed E-state index contributed by atoms with van der Waals surface area (Å²) in [6, 6.07) is 14.4. The second-order valence-electron chi connectivity index (χ2n) is 7.88. The standard InChI is InChI=1S/C21H25BrO/c1-14-9-17(13-21(2,3)12-14)16-10-18(20(23)19(22)11-16)15-7-5-4-6-8-15/h4-8,10-11,14,17,23H,9,12-13H2,1-3H3. The van der Waals surface area contributed by atoms with Gasteiger partial charge in [-0.2, -0.15) is 0 Å². The van der Waals surface area contributed by atoms with Crippen molar-refractivity contribution < 1.29 is 5.11 Å². The zero-order valence-electron chi connectivity index (χ0n) is 14.1. The maximum Gasteiger partial charge on any atom is 0.137 e. The van der Waals surface area contributed by atoms with Crippen LogP contribution in [0.3, 0.4) is 0 Å². The molecule has 0 aromatic heterocycles. The maximum absolute atomic E-state index is 10.5. The number of aromatic hydroxyl groups is 1. The molecular formula is C21H25BrO. The number of phenols is 1. The summed E-state index contributed by atoms with van der Waals surface area (Å²) in [7, 11) is 0. The van der Waals surface area contributed by atoms with Crippen LogP contribution in [0.15, 0.2) is 46.9 Å². The fraction of sp³-hybridized carbons (Fsp3) is 0.429. The minimum atomic E-state index is 0.336. The van der Waals surface area contributed by atoms with Crippen LogP contribution in [-0.4, -0.2) is 5.11 Å². The summed E-state index contributed by atoms with van der Waals surface area (Å²) in [5.41, 5.74) is 3.72. The third kappa shape index (κ3) is 3.63. The molecule has 1 fully saturated rings. The summed E-state index contributed by atoms with van der Waals surface area (Å²) >= 11 is 3.55. The Balaban J connectivity index is 2.02. The van der Waals surface area contributed by atoms with Crippen LogP contribution in [0.25, 0.3) is 11.1 Å². The van der Waals surface area contributed by atoms with Crippen LogP contribution >= 0.6 is 15.9 Å². The first-order valence-corrected chi connectivity index (χ1v) is 9.23. The van der Waals surface area contributed by atoms with Gasteiger partial charge in [-0.25, -0.2) is 0 Å². The van der Waals surface area contributed by atoms with Gasteiger partial charge in [0.1, 0.15) is 5.75 Å². The molecule has 122 valence electrons. The molecule has 2 unspecified atom stereocenters. The van der Waals surface area contributed by atoms with Crippen molar-refractivity contribution >= 4 is 15.9 Å². The zero-order valence-corrected chi connectivity index (χ0v) is 15.7. The van der Waals surface area contributed by atoms with Gasteiger partial charge >= 0.3 is 0 Å². The van der Waals surface area contributed by atoms with E-state index in [9.17, 15) is 5.11 Å². The number of halogens is 1. The van der Waals surface area contributed by atoms with Crippen molar-refractivity contribution in [1.29, 1.82) is 0 Å². The summed E-state index contributed by atoms with van der Waals surface area (Å²) in [5, 5.41) is 10.5. The predicted octanol–water partition coefficient (Wildman–Crippen LogP) is 6.75. The molecule has 3 rings (SSSR count). The van der Waals surface area contributed by atoms with Gasteiger partial charge in [-0.3, -0.25) is 0 Å². The number of hydrogen-bond donors (Lipinski definition) is 1. The molecule has 1 aliphatic rings. The van der Waals surface area contributed by atoms with Gasteiger partial charge in [-0.15, -0.1) is 0 Å². The van der Waals surface area contributed by atoms with Crippen molar-refractivity contribution in [2.75, 3.05) is 0 Å².